The van der Waals surface area contributed by atoms with Gasteiger partial charge >= 0.3 is 0 Å². The molecule has 33 heavy (non-hydrogen) atoms. The van der Waals surface area contributed by atoms with Gasteiger partial charge in [0.05, 0.1) is 34.4 Å². The number of carbonyl (C=O) groups is 1. The first-order valence-electron chi connectivity index (χ1n) is 10.7. The highest BCUT2D eigenvalue weighted by molar-refractivity contribution is 8.00. The molecule has 1 fully saturated rings. The van der Waals surface area contributed by atoms with Gasteiger partial charge in [0, 0.05) is 18.8 Å². The van der Waals surface area contributed by atoms with Crippen molar-refractivity contribution in [3.8, 4) is 5.69 Å². The molecule has 7 nitrogen and oxygen atoms in total. The number of aromatic nitrogens is 4. The van der Waals surface area contributed by atoms with Crippen LogP contribution >= 0.6 is 34.9 Å². The lowest BCUT2D eigenvalue weighted by Crippen LogP contribution is -2.45. The third kappa shape index (κ3) is 5.24. The number of ether oxygens (including phenoxy) is 1. The predicted molar refractivity (Wildman–Crippen MR) is 133 cm³/mol. The van der Waals surface area contributed by atoms with Crippen molar-refractivity contribution >= 4 is 51.0 Å². The Morgan fingerprint density at radius 1 is 1.12 bits per heavy atom. The Bertz CT molecular complexity index is 1210. The maximum Gasteiger partial charge on any atom is 0.233 e. The largest absolute Gasteiger partial charge is 0.375 e. The highest BCUT2D eigenvalue weighted by atomic mass is 32.2. The maximum absolute atomic E-state index is 12.7. The summed E-state index contributed by atoms with van der Waals surface area (Å²) in [5.41, 5.74) is 2.00. The summed E-state index contributed by atoms with van der Waals surface area (Å²) in [6.45, 7) is 3.85. The van der Waals surface area contributed by atoms with Crippen molar-refractivity contribution in [2.24, 2.45) is 0 Å². The summed E-state index contributed by atoms with van der Waals surface area (Å²) in [7, 11) is 0. The molecule has 2 aromatic heterocycles. The zero-order chi connectivity index (χ0) is 22.6. The van der Waals surface area contributed by atoms with Crippen LogP contribution in [0.25, 0.3) is 15.9 Å². The highest BCUT2D eigenvalue weighted by Gasteiger charge is 2.23. The van der Waals surface area contributed by atoms with Crippen molar-refractivity contribution in [3.05, 3.63) is 60.4 Å². The average Bonchev–Trinajstić information content (AvgIpc) is 3.45. The zero-order valence-corrected chi connectivity index (χ0v) is 20.5. The van der Waals surface area contributed by atoms with Crippen LogP contribution in [-0.2, 0) is 15.3 Å². The molecule has 2 aromatic carbocycles. The van der Waals surface area contributed by atoms with Gasteiger partial charge in [0.25, 0.3) is 0 Å². The second-order valence-corrected chi connectivity index (χ2v) is 10.8. The first-order valence-corrected chi connectivity index (χ1v) is 13.5. The zero-order valence-electron chi connectivity index (χ0n) is 18.1. The Labute approximate surface area is 204 Å². The van der Waals surface area contributed by atoms with Crippen molar-refractivity contribution in [2.45, 2.75) is 28.3 Å². The minimum absolute atomic E-state index is 0.0757. The molecule has 10 heteroatoms. The van der Waals surface area contributed by atoms with Crippen LogP contribution in [-0.4, -0.2) is 62.1 Å². The molecule has 0 bridgehead atoms. The Kier molecular flexibility index (Phi) is 6.96. The Morgan fingerprint density at radius 2 is 1.94 bits per heavy atom. The number of rotatable bonds is 7. The molecule has 1 saturated heterocycles. The summed E-state index contributed by atoms with van der Waals surface area (Å²) in [6.07, 6.45) is 0.0757. The molecule has 0 radical (unpaired) electrons. The van der Waals surface area contributed by atoms with Gasteiger partial charge in [-0.15, -0.1) is 21.5 Å². The van der Waals surface area contributed by atoms with Gasteiger partial charge in [-0.1, -0.05) is 53.9 Å². The van der Waals surface area contributed by atoms with Gasteiger partial charge in [-0.2, -0.15) is 0 Å². The van der Waals surface area contributed by atoms with Crippen LogP contribution in [0.1, 0.15) is 12.7 Å². The fraction of sp³-hybridized carbons (Fsp3) is 0.304. The number of fused-ring (bicyclic) bond motifs is 1. The molecule has 1 atom stereocenters. The third-order valence-electron chi connectivity index (χ3n) is 5.23. The average molecular weight is 498 g/mol. The fourth-order valence-corrected chi connectivity index (χ4v) is 6.48. The number of thioether (sulfide) groups is 2. The number of nitrogens with zero attached hydrogens (tertiary/aromatic N) is 5. The first-order chi connectivity index (χ1) is 16.2. The van der Waals surface area contributed by atoms with Gasteiger partial charge in [0.15, 0.2) is 9.50 Å². The van der Waals surface area contributed by atoms with Gasteiger partial charge in [-0.25, -0.2) is 4.98 Å². The lowest BCUT2D eigenvalue weighted by atomic mass is 10.3. The van der Waals surface area contributed by atoms with E-state index in [1.54, 1.807) is 23.1 Å². The maximum atomic E-state index is 12.7. The van der Waals surface area contributed by atoms with E-state index in [2.05, 4.69) is 16.3 Å². The minimum Gasteiger partial charge on any atom is -0.375 e. The van der Waals surface area contributed by atoms with E-state index < -0.39 is 0 Å². The molecule has 4 aromatic rings. The molecule has 170 valence electrons. The quantitative estimate of drug-likeness (QED) is 0.348. The summed E-state index contributed by atoms with van der Waals surface area (Å²) in [4.78, 5) is 19.3. The molecule has 0 spiro atoms. The van der Waals surface area contributed by atoms with Crippen LogP contribution in [0.3, 0.4) is 0 Å². The Hall–Kier alpha value is -2.40. The third-order valence-corrected chi connectivity index (χ3v) is 8.32. The second-order valence-electron chi connectivity index (χ2n) is 7.62. The van der Waals surface area contributed by atoms with Crippen molar-refractivity contribution in [3.63, 3.8) is 0 Å². The van der Waals surface area contributed by atoms with E-state index in [-0.39, 0.29) is 12.0 Å². The second kappa shape index (κ2) is 10.3. The predicted octanol–water partition coefficient (Wildman–Crippen LogP) is 4.51. The fourth-order valence-electron chi connectivity index (χ4n) is 3.63. The van der Waals surface area contributed by atoms with Crippen molar-refractivity contribution in [1.29, 1.82) is 0 Å². The smallest absolute Gasteiger partial charge is 0.233 e. The van der Waals surface area contributed by atoms with Crippen LogP contribution in [0.4, 0.5) is 0 Å². The molecular weight excluding hydrogens is 474 g/mol. The lowest BCUT2D eigenvalue weighted by Gasteiger charge is -2.31. The van der Waals surface area contributed by atoms with Crippen LogP contribution in [0.2, 0.25) is 0 Å². The SMILES string of the molecule is CC1CN(C(=O)CSc2nnc(CSc3nc4ccccc4s3)n2-c2ccccc2)CCO1. The number of carbonyl (C=O) groups excluding carboxylic acids is 1. The highest BCUT2D eigenvalue weighted by Crippen LogP contribution is 2.32. The van der Waals surface area contributed by atoms with E-state index in [0.29, 0.717) is 31.2 Å². The lowest BCUT2D eigenvalue weighted by molar-refractivity contribution is -0.135. The number of morpholine rings is 1. The molecule has 1 aliphatic heterocycles. The summed E-state index contributed by atoms with van der Waals surface area (Å²) >= 11 is 4.76. The number of hydrogen-bond donors (Lipinski definition) is 0. The number of thiazole rings is 1. The van der Waals surface area contributed by atoms with E-state index in [1.165, 1.54) is 16.5 Å². The van der Waals surface area contributed by atoms with Gasteiger partial charge in [0.2, 0.25) is 5.91 Å². The van der Waals surface area contributed by atoms with E-state index in [4.69, 9.17) is 9.72 Å². The minimum atomic E-state index is 0.0757. The van der Waals surface area contributed by atoms with Crippen molar-refractivity contribution in [1.82, 2.24) is 24.6 Å². The van der Waals surface area contributed by atoms with Crippen LogP contribution in [0.5, 0.6) is 0 Å². The number of hydrogen-bond acceptors (Lipinski definition) is 8. The van der Waals surface area contributed by atoms with Crippen LogP contribution in [0, 0.1) is 0 Å². The van der Waals surface area contributed by atoms with Gasteiger partial charge in [0.1, 0.15) is 5.82 Å². The molecule has 1 aliphatic rings. The Balaban J connectivity index is 1.33. The molecule has 0 saturated carbocycles. The topological polar surface area (TPSA) is 73.1 Å². The Morgan fingerprint density at radius 3 is 2.76 bits per heavy atom. The van der Waals surface area contributed by atoms with Gasteiger partial charge < -0.3 is 9.64 Å². The summed E-state index contributed by atoms with van der Waals surface area (Å²) < 4.78 is 9.77. The first kappa shape index (κ1) is 22.4. The van der Waals surface area contributed by atoms with Crippen LogP contribution in [0.15, 0.2) is 64.1 Å². The standard InChI is InChI=1S/C23H23N5O2S3/c1-16-13-27(11-12-30-16)21(29)15-31-22-26-25-20(28(22)17-7-3-2-4-8-17)14-32-23-24-18-9-5-6-10-19(18)33-23/h2-10,16H,11-15H2,1H3. The van der Waals surface area contributed by atoms with E-state index in [1.807, 2.05) is 64.9 Å². The summed E-state index contributed by atoms with van der Waals surface area (Å²) in [6, 6.07) is 18.2. The summed E-state index contributed by atoms with van der Waals surface area (Å²) in [5, 5.41) is 9.62. The normalized spacial score (nSPS) is 16.4. The molecule has 0 aliphatic carbocycles. The number of amides is 1. The molecule has 1 amide bonds. The molecule has 5 rings (SSSR count). The van der Waals surface area contributed by atoms with Gasteiger partial charge in [-0.05, 0) is 31.2 Å². The van der Waals surface area contributed by atoms with E-state index in [0.717, 1.165) is 26.5 Å². The van der Waals surface area contributed by atoms with Crippen molar-refractivity contribution in [2.75, 3.05) is 25.4 Å². The van der Waals surface area contributed by atoms with Crippen molar-refractivity contribution < 1.29 is 9.53 Å². The number of benzene rings is 2. The summed E-state index contributed by atoms with van der Waals surface area (Å²) in [5.74, 6) is 1.89. The van der Waals surface area contributed by atoms with Gasteiger partial charge in [-0.3, -0.25) is 9.36 Å². The monoisotopic (exact) mass is 497 g/mol. The number of para-hydroxylation sites is 2. The molecular formula is C23H23N5O2S3. The van der Waals surface area contributed by atoms with Crippen LogP contribution < -0.4 is 0 Å². The van der Waals surface area contributed by atoms with E-state index in [9.17, 15) is 4.79 Å². The molecule has 0 N–H and O–H groups in total. The molecule has 3 heterocycles. The molecule has 1 unspecified atom stereocenters. The van der Waals surface area contributed by atoms with E-state index >= 15 is 0 Å².